The molecule has 1 atom stereocenters. The van der Waals surface area contributed by atoms with Crippen molar-refractivity contribution in [2.45, 2.75) is 38.8 Å². The molecule has 1 rings (SSSR count). The summed E-state index contributed by atoms with van der Waals surface area (Å²) in [7, 11) is 0. The van der Waals surface area contributed by atoms with Crippen LogP contribution in [0.2, 0.25) is 0 Å². The van der Waals surface area contributed by atoms with Gasteiger partial charge in [0.1, 0.15) is 17.2 Å². The first-order chi connectivity index (χ1) is 9.05. The van der Waals surface area contributed by atoms with Crippen molar-refractivity contribution in [1.82, 2.24) is 5.32 Å². The van der Waals surface area contributed by atoms with Crippen molar-refractivity contribution in [1.29, 1.82) is 0 Å². The minimum absolute atomic E-state index is 0.114. The lowest BCUT2D eigenvalue weighted by Crippen LogP contribution is -2.48. The van der Waals surface area contributed by atoms with Crippen molar-refractivity contribution in [3.63, 3.8) is 0 Å². The summed E-state index contributed by atoms with van der Waals surface area (Å²) in [5.41, 5.74) is -1.94. The van der Waals surface area contributed by atoms with E-state index in [9.17, 15) is 18.7 Å². The van der Waals surface area contributed by atoms with Gasteiger partial charge in [-0.2, -0.15) is 0 Å². The van der Waals surface area contributed by atoms with Crippen LogP contribution in [-0.2, 0) is 10.3 Å². The number of nitrogens with one attached hydrogen (secondary N) is 1. The number of carbonyl (C=O) groups is 1. The first-order valence-corrected chi connectivity index (χ1v) is 6.14. The molecule has 0 saturated heterocycles. The molecule has 0 saturated carbocycles. The average molecular weight is 287 g/mol. The zero-order chi connectivity index (χ0) is 15.6. The molecule has 0 spiro atoms. The molecule has 0 heterocycles. The second-order valence-electron chi connectivity index (χ2n) is 5.78. The first kappa shape index (κ1) is 16.4. The van der Waals surface area contributed by atoms with Gasteiger partial charge in [-0.3, -0.25) is 0 Å². The lowest BCUT2D eigenvalue weighted by Gasteiger charge is -2.31. The second kappa shape index (κ2) is 5.75. The van der Waals surface area contributed by atoms with Crippen LogP contribution in [0.3, 0.4) is 0 Å². The number of ether oxygens (including phenoxy) is 1. The van der Waals surface area contributed by atoms with Crippen LogP contribution in [0.1, 0.15) is 33.3 Å². The van der Waals surface area contributed by atoms with Crippen LogP contribution in [0.5, 0.6) is 0 Å². The molecule has 0 fully saturated rings. The Morgan fingerprint density at radius 3 is 2.10 bits per heavy atom. The molecule has 4 nitrogen and oxygen atoms in total. The smallest absolute Gasteiger partial charge is 0.408 e. The van der Waals surface area contributed by atoms with Crippen molar-refractivity contribution in [2.24, 2.45) is 0 Å². The van der Waals surface area contributed by atoms with Crippen LogP contribution in [0.4, 0.5) is 13.6 Å². The number of benzene rings is 1. The topological polar surface area (TPSA) is 58.6 Å². The van der Waals surface area contributed by atoms with Gasteiger partial charge >= 0.3 is 6.09 Å². The molecule has 20 heavy (non-hydrogen) atoms. The highest BCUT2D eigenvalue weighted by atomic mass is 19.1. The Morgan fingerprint density at radius 1 is 1.20 bits per heavy atom. The Bertz CT molecular complexity index is 479. The van der Waals surface area contributed by atoms with Crippen LogP contribution >= 0.6 is 0 Å². The summed E-state index contributed by atoms with van der Waals surface area (Å²) in [6.07, 6.45) is -0.779. The van der Waals surface area contributed by atoms with E-state index < -0.39 is 35.5 Å². The quantitative estimate of drug-likeness (QED) is 0.898. The number of hydrogen-bond acceptors (Lipinski definition) is 3. The van der Waals surface area contributed by atoms with Crippen molar-refractivity contribution in [2.75, 3.05) is 6.61 Å². The van der Waals surface area contributed by atoms with Crippen LogP contribution in [-0.4, -0.2) is 23.4 Å². The van der Waals surface area contributed by atoms with Gasteiger partial charge in [-0.05, 0) is 45.4 Å². The number of carbonyl (C=O) groups excluding carboxylic acids is 1. The summed E-state index contributed by atoms with van der Waals surface area (Å²) < 4.78 is 31.5. The predicted molar refractivity (Wildman–Crippen MR) is 70.2 cm³/mol. The summed E-state index contributed by atoms with van der Waals surface area (Å²) in [6, 6.07) is 2.82. The molecule has 0 radical (unpaired) electrons. The van der Waals surface area contributed by atoms with E-state index in [1.807, 2.05) is 0 Å². The maximum Gasteiger partial charge on any atom is 0.408 e. The third-order valence-electron chi connectivity index (χ3n) is 2.59. The molecule has 0 aliphatic carbocycles. The second-order valence-corrected chi connectivity index (χ2v) is 5.78. The van der Waals surface area contributed by atoms with Crippen LogP contribution in [0, 0.1) is 11.6 Å². The van der Waals surface area contributed by atoms with Crippen LogP contribution in [0.15, 0.2) is 18.2 Å². The predicted octanol–water partition coefficient (Wildman–Crippen LogP) is 2.70. The van der Waals surface area contributed by atoms with E-state index in [0.717, 1.165) is 18.2 Å². The number of amides is 1. The maximum absolute atomic E-state index is 13.2. The van der Waals surface area contributed by atoms with Gasteiger partial charge < -0.3 is 15.2 Å². The summed E-state index contributed by atoms with van der Waals surface area (Å²) in [6.45, 7) is 5.97. The Labute approximate surface area is 116 Å². The number of alkyl carbamates (subject to hydrolysis) is 1. The molecule has 0 aliphatic heterocycles. The highest BCUT2D eigenvalue weighted by Gasteiger charge is 2.31. The van der Waals surface area contributed by atoms with E-state index in [4.69, 9.17) is 4.74 Å². The SMILES string of the molecule is CC(C)(C)OC(=O)NC(C)(CO)c1cc(F)cc(F)c1. The molecule has 0 aliphatic rings. The Balaban J connectivity index is 2.99. The van der Waals surface area contributed by atoms with Gasteiger partial charge in [-0.15, -0.1) is 0 Å². The number of halogens is 2. The van der Waals surface area contributed by atoms with Gasteiger partial charge in [-0.1, -0.05) is 0 Å². The van der Waals surface area contributed by atoms with Crippen molar-refractivity contribution in [3.8, 4) is 0 Å². The van der Waals surface area contributed by atoms with Crippen molar-refractivity contribution < 1.29 is 23.4 Å². The summed E-state index contributed by atoms with van der Waals surface area (Å²) in [5, 5.41) is 11.9. The van der Waals surface area contributed by atoms with Gasteiger partial charge in [-0.25, -0.2) is 13.6 Å². The molecule has 1 amide bonds. The molecule has 1 aromatic carbocycles. The van der Waals surface area contributed by atoms with Crippen LogP contribution < -0.4 is 5.32 Å². The Kier molecular flexibility index (Phi) is 4.70. The lowest BCUT2D eigenvalue weighted by atomic mass is 9.93. The monoisotopic (exact) mass is 287 g/mol. The molecule has 1 unspecified atom stereocenters. The minimum Gasteiger partial charge on any atom is -0.444 e. The summed E-state index contributed by atoms with van der Waals surface area (Å²) in [5.74, 6) is -1.57. The Morgan fingerprint density at radius 2 is 1.70 bits per heavy atom. The van der Waals surface area contributed by atoms with Crippen molar-refractivity contribution >= 4 is 6.09 Å². The standard InChI is InChI=1S/C14H19F2NO3/c1-13(2,3)20-12(19)17-14(4,8-18)9-5-10(15)7-11(16)6-9/h5-7,18H,8H2,1-4H3,(H,17,19). The fourth-order valence-corrected chi connectivity index (χ4v) is 1.60. The third kappa shape index (κ3) is 4.45. The van der Waals surface area contributed by atoms with E-state index in [0.29, 0.717) is 0 Å². The van der Waals surface area contributed by atoms with E-state index in [-0.39, 0.29) is 5.56 Å². The largest absolute Gasteiger partial charge is 0.444 e. The summed E-state index contributed by atoms with van der Waals surface area (Å²) in [4.78, 5) is 11.7. The minimum atomic E-state index is -1.34. The van der Waals surface area contributed by atoms with Crippen molar-refractivity contribution in [3.05, 3.63) is 35.4 Å². The van der Waals surface area contributed by atoms with E-state index in [1.54, 1.807) is 20.8 Å². The normalized spacial score (nSPS) is 14.6. The number of rotatable bonds is 3. The van der Waals surface area contributed by atoms with Gasteiger partial charge in [0.2, 0.25) is 0 Å². The zero-order valence-corrected chi connectivity index (χ0v) is 12.0. The fraction of sp³-hybridized carbons (Fsp3) is 0.500. The fourth-order valence-electron chi connectivity index (χ4n) is 1.60. The maximum atomic E-state index is 13.2. The van der Waals surface area contributed by atoms with Crippen LogP contribution in [0.25, 0.3) is 0 Å². The highest BCUT2D eigenvalue weighted by molar-refractivity contribution is 5.69. The summed E-state index contributed by atoms with van der Waals surface area (Å²) >= 11 is 0. The first-order valence-electron chi connectivity index (χ1n) is 6.14. The molecule has 0 aromatic heterocycles. The third-order valence-corrected chi connectivity index (χ3v) is 2.59. The highest BCUT2D eigenvalue weighted by Crippen LogP contribution is 2.23. The Hall–Kier alpha value is -1.69. The number of aliphatic hydroxyl groups is 1. The molecular weight excluding hydrogens is 268 g/mol. The molecule has 112 valence electrons. The molecule has 1 aromatic rings. The molecule has 0 bridgehead atoms. The van der Waals surface area contributed by atoms with E-state index in [1.165, 1.54) is 6.92 Å². The number of aliphatic hydroxyl groups excluding tert-OH is 1. The van der Waals surface area contributed by atoms with E-state index >= 15 is 0 Å². The average Bonchev–Trinajstić information content (AvgIpc) is 2.24. The molecular formula is C14H19F2NO3. The molecule has 6 heteroatoms. The lowest BCUT2D eigenvalue weighted by molar-refractivity contribution is 0.0410. The van der Waals surface area contributed by atoms with Gasteiger partial charge in [0.15, 0.2) is 0 Å². The van der Waals surface area contributed by atoms with Gasteiger partial charge in [0.05, 0.1) is 12.1 Å². The van der Waals surface area contributed by atoms with E-state index in [2.05, 4.69) is 5.32 Å². The van der Waals surface area contributed by atoms with Gasteiger partial charge in [0, 0.05) is 6.07 Å². The zero-order valence-electron chi connectivity index (χ0n) is 12.0. The van der Waals surface area contributed by atoms with Gasteiger partial charge in [0.25, 0.3) is 0 Å². The molecule has 2 N–H and O–H groups in total. The number of hydrogen-bond donors (Lipinski definition) is 2.